The number of rotatable bonds is 8. The van der Waals surface area contributed by atoms with Crippen LogP contribution in [0.2, 0.25) is 0 Å². The van der Waals surface area contributed by atoms with Gasteiger partial charge in [0, 0.05) is 35.5 Å². The van der Waals surface area contributed by atoms with Crippen LogP contribution in [-0.4, -0.2) is 19.9 Å². The van der Waals surface area contributed by atoms with Gasteiger partial charge in [-0.1, -0.05) is 111 Å². The molecule has 8 nitrogen and oxygen atoms in total. The third kappa shape index (κ3) is 13.2. The third-order valence-electron chi connectivity index (χ3n) is 6.46. The zero-order chi connectivity index (χ0) is 33.7. The van der Waals surface area contributed by atoms with Crippen LogP contribution in [0.1, 0.15) is 205 Å². The van der Waals surface area contributed by atoms with E-state index in [1.807, 2.05) is 12.4 Å². The van der Waals surface area contributed by atoms with Crippen LogP contribution in [0.5, 0.6) is 0 Å². The van der Waals surface area contributed by atoms with Gasteiger partial charge < -0.3 is 17.7 Å². The first kappa shape index (κ1) is 38.9. The molecule has 0 aliphatic rings. The molecule has 0 saturated carbocycles. The molecule has 0 radical (unpaired) electrons. The van der Waals surface area contributed by atoms with Gasteiger partial charge in [-0.25, -0.2) is 19.9 Å². The zero-order valence-corrected chi connectivity index (χ0v) is 30.4. The number of aromatic nitrogens is 4. The topological polar surface area (TPSA) is 104 Å². The van der Waals surface area contributed by atoms with Crippen molar-refractivity contribution >= 4 is 0 Å². The molecule has 4 rings (SSSR count). The van der Waals surface area contributed by atoms with E-state index in [2.05, 4.69) is 131 Å². The molecule has 8 heteroatoms. The van der Waals surface area contributed by atoms with E-state index in [0.29, 0.717) is 47.3 Å². The molecule has 0 saturated heterocycles. The van der Waals surface area contributed by atoms with E-state index in [9.17, 15) is 0 Å². The highest BCUT2D eigenvalue weighted by Crippen LogP contribution is 2.21. The maximum Gasteiger partial charge on any atom is 0.196 e. The minimum atomic E-state index is 0.391. The first-order chi connectivity index (χ1) is 20.4. The maximum atomic E-state index is 5.50. The molecule has 0 fully saturated rings. The van der Waals surface area contributed by atoms with Gasteiger partial charge in [-0.15, -0.1) is 0 Å². The van der Waals surface area contributed by atoms with Crippen molar-refractivity contribution in [3.63, 3.8) is 0 Å². The van der Waals surface area contributed by atoms with E-state index in [0.717, 1.165) is 46.5 Å². The molecular weight excluding hydrogens is 552 g/mol. The van der Waals surface area contributed by atoms with Crippen molar-refractivity contribution in [1.29, 1.82) is 0 Å². The molecule has 44 heavy (non-hydrogen) atoms. The lowest BCUT2D eigenvalue weighted by molar-refractivity contribution is 0.422. The molecule has 0 aromatic carbocycles. The summed E-state index contributed by atoms with van der Waals surface area (Å²) in [5, 5.41) is 0. The van der Waals surface area contributed by atoms with E-state index in [1.54, 1.807) is 12.5 Å². The first-order valence-electron chi connectivity index (χ1n) is 16.3. The first-order valence-corrected chi connectivity index (χ1v) is 16.3. The van der Waals surface area contributed by atoms with Crippen molar-refractivity contribution in [1.82, 2.24) is 19.9 Å². The highest BCUT2D eigenvalue weighted by atomic mass is 16.4. The standard InChI is InChI=1S/4C9H15NO/c2*1-6(2)8-5-11-9(10-8)7(3)4;2*1-6(2)8-5-10-9(11-8)7(3)4/h4*5-7H,1-4H3. The highest BCUT2D eigenvalue weighted by Gasteiger charge is 2.12. The second-order valence-electron chi connectivity index (χ2n) is 13.7. The second-order valence-corrected chi connectivity index (χ2v) is 13.7. The maximum absolute atomic E-state index is 5.50. The van der Waals surface area contributed by atoms with Gasteiger partial charge in [-0.2, -0.15) is 0 Å². The Labute approximate surface area is 266 Å². The molecule has 0 N–H and O–H groups in total. The number of hydrogen-bond acceptors (Lipinski definition) is 8. The highest BCUT2D eigenvalue weighted by molar-refractivity contribution is 5.04. The van der Waals surface area contributed by atoms with Crippen molar-refractivity contribution in [3.05, 3.63) is 71.4 Å². The van der Waals surface area contributed by atoms with Gasteiger partial charge in [0.05, 0.1) is 23.8 Å². The van der Waals surface area contributed by atoms with Crippen LogP contribution >= 0.6 is 0 Å². The fourth-order valence-electron chi connectivity index (χ4n) is 3.33. The van der Waals surface area contributed by atoms with Gasteiger partial charge in [0.25, 0.3) is 0 Å². The monoisotopic (exact) mass is 612 g/mol. The van der Waals surface area contributed by atoms with Crippen molar-refractivity contribution in [2.24, 2.45) is 0 Å². The molecule has 0 bridgehead atoms. The smallest absolute Gasteiger partial charge is 0.196 e. The van der Waals surface area contributed by atoms with Crippen molar-refractivity contribution in [3.8, 4) is 0 Å². The van der Waals surface area contributed by atoms with Crippen LogP contribution in [0, 0.1) is 0 Å². The Balaban J connectivity index is 0.000000293. The molecule has 0 amide bonds. The molecule has 4 aromatic rings. The van der Waals surface area contributed by atoms with Crippen molar-refractivity contribution in [2.45, 2.75) is 158 Å². The fraction of sp³-hybridized carbons (Fsp3) is 0.667. The summed E-state index contributed by atoms with van der Waals surface area (Å²) < 4.78 is 21.5. The van der Waals surface area contributed by atoms with Gasteiger partial charge in [0.2, 0.25) is 0 Å². The Hall–Kier alpha value is -3.16. The molecule has 0 aliphatic heterocycles. The van der Waals surface area contributed by atoms with E-state index < -0.39 is 0 Å². The summed E-state index contributed by atoms with van der Waals surface area (Å²) in [6, 6.07) is 0. The Kier molecular flexibility index (Phi) is 16.4. The summed E-state index contributed by atoms with van der Waals surface area (Å²) in [4.78, 5) is 17.0. The van der Waals surface area contributed by atoms with E-state index >= 15 is 0 Å². The van der Waals surface area contributed by atoms with Gasteiger partial charge in [-0.3, -0.25) is 0 Å². The number of oxazole rings is 4. The minimum absolute atomic E-state index is 0.391. The molecule has 0 unspecified atom stereocenters. The lowest BCUT2D eigenvalue weighted by Gasteiger charge is -1.98. The van der Waals surface area contributed by atoms with E-state index in [-0.39, 0.29) is 0 Å². The Bertz CT molecular complexity index is 1010. The van der Waals surface area contributed by atoms with Crippen LogP contribution in [0.25, 0.3) is 0 Å². The third-order valence-corrected chi connectivity index (χ3v) is 6.46. The molecule has 0 spiro atoms. The summed E-state index contributed by atoms with van der Waals surface area (Å²) in [5.41, 5.74) is 2.10. The summed E-state index contributed by atoms with van der Waals surface area (Å²) in [7, 11) is 0. The van der Waals surface area contributed by atoms with Gasteiger partial charge >= 0.3 is 0 Å². The summed E-state index contributed by atoms with van der Waals surface area (Å²) in [6.07, 6.45) is 7.14. The van der Waals surface area contributed by atoms with Crippen LogP contribution < -0.4 is 0 Å². The largest absolute Gasteiger partial charge is 0.448 e. The average molecular weight is 613 g/mol. The molecule has 4 aromatic heterocycles. The van der Waals surface area contributed by atoms with Crippen LogP contribution in [-0.2, 0) is 0 Å². The summed E-state index contributed by atoms with van der Waals surface area (Å²) in [6.45, 7) is 33.5. The minimum Gasteiger partial charge on any atom is -0.448 e. The lowest BCUT2D eigenvalue weighted by Crippen LogP contribution is -1.90. The normalized spacial score (nSPS) is 11.5. The fourth-order valence-corrected chi connectivity index (χ4v) is 3.33. The van der Waals surface area contributed by atoms with Crippen LogP contribution in [0.15, 0.2) is 42.6 Å². The zero-order valence-electron chi connectivity index (χ0n) is 30.4. The van der Waals surface area contributed by atoms with Crippen LogP contribution in [0.4, 0.5) is 0 Å². The second kappa shape index (κ2) is 18.6. The quantitative estimate of drug-likeness (QED) is 0.193. The SMILES string of the molecule is CC(C)c1cnc(C(C)C)o1.CC(C)c1cnc(C(C)C)o1.CC(C)c1coc(C(C)C)n1.CC(C)c1coc(C(C)C)n1. The van der Waals surface area contributed by atoms with Crippen molar-refractivity contribution in [2.75, 3.05) is 0 Å². The van der Waals surface area contributed by atoms with Gasteiger partial charge in [0.1, 0.15) is 24.0 Å². The number of hydrogen-bond donors (Lipinski definition) is 0. The molecule has 0 aliphatic carbocycles. The number of nitrogens with zero attached hydrogens (tertiary/aromatic N) is 4. The predicted octanol–water partition coefficient (Wildman–Crippen LogP) is 11.7. The Morgan fingerprint density at radius 3 is 0.818 bits per heavy atom. The molecule has 0 atom stereocenters. The molecule has 4 heterocycles. The lowest BCUT2D eigenvalue weighted by atomic mass is 10.1. The van der Waals surface area contributed by atoms with Crippen molar-refractivity contribution < 1.29 is 17.7 Å². The van der Waals surface area contributed by atoms with E-state index in [4.69, 9.17) is 17.7 Å². The molecule has 248 valence electrons. The average Bonchev–Trinajstić information content (AvgIpc) is 3.76. The predicted molar refractivity (Wildman–Crippen MR) is 179 cm³/mol. The summed E-state index contributed by atoms with van der Waals surface area (Å²) in [5.74, 6) is 8.70. The summed E-state index contributed by atoms with van der Waals surface area (Å²) >= 11 is 0. The Morgan fingerprint density at radius 1 is 0.386 bits per heavy atom. The van der Waals surface area contributed by atoms with Gasteiger partial charge in [-0.05, 0) is 11.8 Å². The van der Waals surface area contributed by atoms with Gasteiger partial charge in [0.15, 0.2) is 23.6 Å². The van der Waals surface area contributed by atoms with Crippen LogP contribution in [0.3, 0.4) is 0 Å². The van der Waals surface area contributed by atoms with E-state index in [1.165, 1.54) is 0 Å². The molecular formula is C36H60N4O4. The Morgan fingerprint density at radius 2 is 0.682 bits per heavy atom.